The molecule has 8 aromatic rings. The minimum Gasteiger partial charge on any atom is -0.497 e. The van der Waals surface area contributed by atoms with E-state index in [0.717, 1.165) is 38.9 Å². The summed E-state index contributed by atoms with van der Waals surface area (Å²) in [6, 6.07) is 75.5. The summed E-state index contributed by atoms with van der Waals surface area (Å²) in [5, 5.41) is 24.3. The average molecular weight is 1240 g/mol. The Kier molecular flexibility index (Phi) is 22.7. The highest BCUT2D eigenvalue weighted by molar-refractivity contribution is 5.31. The molecule has 0 bridgehead atoms. The lowest BCUT2D eigenvalue weighted by atomic mass is 9.95. The van der Waals surface area contributed by atoms with Crippen LogP contribution in [0.5, 0.6) is 11.5 Å². The number of methoxy groups -OCH3 is 1. The standard InChI is InChI=1S/C74H78O17/c1-77-57-37-39-58(40-38-57)85-73-70(83-46-55-33-19-7-20-34-55)68(65(80-43-52-27-13-4-14-28-52)59(87-73)47-78-41-50-23-9-2-10-24-50)91-74-69(82-45-54-31-17-6-18-32-54)67(81-44-53-29-15-5-16-30-53)66(60(88-74)48-79-42-51-25-11-3-12-26-51)90-72-63(76)62(75)64-61(86-72)49-84-71(89-64)56-35-21-8-22-36-56/h2-40,59-76H,41-49H2,1H3/t59-,60-,61-,62-,63-,64-,65+,66+,67+,68+,69-,70-,71?,72+,73-,74-/m1/s1. The Morgan fingerprint density at radius 1 is 0.363 bits per heavy atom. The Morgan fingerprint density at radius 3 is 1.24 bits per heavy atom. The minimum absolute atomic E-state index is 0.0267. The Balaban J connectivity index is 0.951. The number of benzene rings is 8. The van der Waals surface area contributed by atoms with Crippen molar-refractivity contribution in [3.8, 4) is 11.5 Å². The van der Waals surface area contributed by atoms with Crippen molar-refractivity contribution >= 4 is 0 Å². The first-order chi connectivity index (χ1) is 44.9. The molecule has 476 valence electrons. The van der Waals surface area contributed by atoms with Gasteiger partial charge in [-0.3, -0.25) is 0 Å². The van der Waals surface area contributed by atoms with Gasteiger partial charge in [0.1, 0.15) is 84.7 Å². The van der Waals surface area contributed by atoms with Crippen molar-refractivity contribution in [2.24, 2.45) is 0 Å². The first-order valence-electron chi connectivity index (χ1n) is 31.0. The van der Waals surface area contributed by atoms with E-state index < -0.39 is 98.4 Å². The predicted octanol–water partition coefficient (Wildman–Crippen LogP) is 10.6. The van der Waals surface area contributed by atoms with E-state index in [0.29, 0.717) is 11.5 Å². The second-order valence-electron chi connectivity index (χ2n) is 22.8. The molecule has 12 rings (SSSR count). The van der Waals surface area contributed by atoms with Crippen LogP contribution < -0.4 is 9.47 Å². The van der Waals surface area contributed by atoms with Crippen LogP contribution in [-0.2, 0) is 101 Å². The molecule has 0 saturated carbocycles. The van der Waals surface area contributed by atoms with Crippen LogP contribution in [0.1, 0.15) is 45.2 Å². The Labute approximate surface area is 531 Å². The van der Waals surface area contributed by atoms with Gasteiger partial charge < -0.3 is 81.3 Å². The third kappa shape index (κ3) is 17.1. The molecule has 0 aromatic heterocycles. The van der Waals surface area contributed by atoms with Crippen LogP contribution in [0.25, 0.3) is 0 Å². The SMILES string of the molecule is COc1ccc(O[C@@H]2O[C@H](COCc3ccccc3)[C@H](OCc3ccccc3)[C@H](O[C@H]3O[C@H](COCc4ccccc4)[C@H](O[C@@H]4O[C@@H]5COC(c6ccccc6)O[C@H]5[C@H](O)[C@H]4O)[C@H](OCc4ccccc4)[C@H]3OCc3ccccc3)[C@H]2OCc2ccccc2)cc1. The van der Waals surface area contributed by atoms with Crippen molar-refractivity contribution in [1.29, 1.82) is 0 Å². The van der Waals surface area contributed by atoms with Gasteiger partial charge in [0.2, 0.25) is 6.29 Å². The number of fused-ring (bicyclic) bond motifs is 1. The van der Waals surface area contributed by atoms with Crippen molar-refractivity contribution in [3.63, 3.8) is 0 Å². The van der Waals surface area contributed by atoms with Crippen molar-refractivity contribution in [1.82, 2.24) is 0 Å². The van der Waals surface area contributed by atoms with Crippen molar-refractivity contribution in [3.05, 3.63) is 276 Å². The normalized spacial score (nSPS) is 28.2. The quantitative estimate of drug-likeness (QED) is 0.0473. The molecule has 1 unspecified atom stereocenters. The van der Waals surface area contributed by atoms with E-state index in [4.69, 9.17) is 71.1 Å². The topological polar surface area (TPSA) is 179 Å². The number of hydrogen-bond acceptors (Lipinski definition) is 17. The molecule has 17 nitrogen and oxygen atoms in total. The third-order valence-corrected chi connectivity index (χ3v) is 16.4. The highest BCUT2D eigenvalue weighted by atomic mass is 16.8. The van der Waals surface area contributed by atoms with Crippen LogP contribution in [0.4, 0.5) is 0 Å². The molecule has 4 saturated heterocycles. The first kappa shape index (κ1) is 63.9. The zero-order valence-electron chi connectivity index (χ0n) is 50.6. The molecule has 2 N–H and O–H groups in total. The zero-order valence-corrected chi connectivity index (χ0v) is 50.6. The van der Waals surface area contributed by atoms with E-state index >= 15 is 0 Å². The monoisotopic (exact) mass is 1240 g/mol. The lowest BCUT2D eigenvalue weighted by Gasteiger charge is -2.51. The summed E-state index contributed by atoms with van der Waals surface area (Å²) in [7, 11) is 1.61. The smallest absolute Gasteiger partial charge is 0.229 e. The second kappa shape index (κ2) is 32.4. The van der Waals surface area contributed by atoms with E-state index in [1.54, 1.807) is 19.2 Å². The predicted molar refractivity (Wildman–Crippen MR) is 334 cm³/mol. The molecular formula is C74H78O17. The molecule has 0 radical (unpaired) electrons. The van der Waals surface area contributed by atoms with Crippen LogP contribution in [0.3, 0.4) is 0 Å². The van der Waals surface area contributed by atoms with E-state index in [-0.39, 0.29) is 59.5 Å². The van der Waals surface area contributed by atoms with Gasteiger partial charge in [-0.15, -0.1) is 0 Å². The van der Waals surface area contributed by atoms with Crippen LogP contribution >= 0.6 is 0 Å². The van der Waals surface area contributed by atoms with Gasteiger partial charge in [0.15, 0.2) is 18.9 Å². The second-order valence-corrected chi connectivity index (χ2v) is 22.8. The maximum Gasteiger partial charge on any atom is 0.229 e. The van der Waals surface area contributed by atoms with Gasteiger partial charge in [0.05, 0.1) is 66.6 Å². The lowest BCUT2D eigenvalue weighted by Crippen LogP contribution is -2.68. The van der Waals surface area contributed by atoms with Gasteiger partial charge in [0.25, 0.3) is 0 Å². The number of aliphatic hydroxyl groups excluding tert-OH is 2. The van der Waals surface area contributed by atoms with Crippen molar-refractivity contribution in [2.75, 3.05) is 26.9 Å². The fourth-order valence-corrected chi connectivity index (χ4v) is 11.7. The molecule has 0 spiro atoms. The van der Waals surface area contributed by atoms with Crippen molar-refractivity contribution in [2.45, 2.75) is 138 Å². The summed E-state index contributed by atoms with van der Waals surface area (Å²) >= 11 is 0. The highest BCUT2D eigenvalue weighted by Crippen LogP contribution is 2.40. The molecule has 4 heterocycles. The molecular weight excluding hydrogens is 1160 g/mol. The third-order valence-electron chi connectivity index (χ3n) is 16.4. The summed E-state index contributed by atoms with van der Waals surface area (Å²) in [5.74, 6) is 1.11. The Hall–Kier alpha value is -7.24. The Bertz CT molecular complexity index is 3340. The molecule has 4 aliphatic rings. The van der Waals surface area contributed by atoms with Gasteiger partial charge >= 0.3 is 0 Å². The molecule has 91 heavy (non-hydrogen) atoms. The number of ether oxygens (including phenoxy) is 15. The summed E-state index contributed by atoms with van der Waals surface area (Å²) in [6.07, 6.45) is -18.1. The largest absolute Gasteiger partial charge is 0.497 e. The minimum atomic E-state index is -1.62. The van der Waals surface area contributed by atoms with E-state index in [9.17, 15) is 10.2 Å². The lowest BCUT2D eigenvalue weighted by molar-refractivity contribution is -0.400. The molecule has 17 heteroatoms. The summed E-state index contributed by atoms with van der Waals surface area (Å²) in [5.41, 5.74) is 6.12. The number of hydrogen-bond donors (Lipinski definition) is 2. The summed E-state index contributed by atoms with van der Waals surface area (Å²) < 4.78 is 103. The number of aliphatic hydroxyl groups is 2. The number of rotatable bonds is 28. The van der Waals surface area contributed by atoms with E-state index in [1.807, 2.05) is 224 Å². The van der Waals surface area contributed by atoms with Gasteiger partial charge in [-0.2, -0.15) is 0 Å². The fourth-order valence-electron chi connectivity index (χ4n) is 11.7. The van der Waals surface area contributed by atoms with E-state index in [2.05, 4.69) is 0 Å². The molecule has 16 atom stereocenters. The maximum atomic E-state index is 12.2. The van der Waals surface area contributed by atoms with Crippen LogP contribution in [0.15, 0.2) is 237 Å². The summed E-state index contributed by atoms with van der Waals surface area (Å²) in [4.78, 5) is 0. The van der Waals surface area contributed by atoms with Gasteiger partial charge in [-0.05, 0) is 57.6 Å². The van der Waals surface area contributed by atoms with Crippen LogP contribution in [0, 0.1) is 0 Å². The Morgan fingerprint density at radius 2 is 0.758 bits per heavy atom. The van der Waals surface area contributed by atoms with Gasteiger partial charge in [0, 0.05) is 5.56 Å². The zero-order chi connectivity index (χ0) is 62.0. The van der Waals surface area contributed by atoms with Crippen molar-refractivity contribution < 1.29 is 81.3 Å². The molecule has 8 aromatic carbocycles. The fraction of sp³-hybridized carbons (Fsp3) is 0.351. The van der Waals surface area contributed by atoms with Crippen LogP contribution in [0.2, 0.25) is 0 Å². The molecule has 4 fully saturated rings. The van der Waals surface area contributed by atoms with Gasteiger partial charge in [-0.25, -0.2) is 0 Å². The summed E-state index contributed by atoms with van der Waals surface area (Å²) in [6.45, 7) is 0.855. The van der Waals surface area contributed by atoms with E-state index in [1.165, 1.54) is 0 Å². The molecule has 0 amide bonds. The maximum absolute atomic E-state index is 12.2. The first-order valence-corrected chi connectivity index (χ1v) is 31.0. The molecule has 0 aliphatic carbocycles. The highest BCUT2D eigenvalue weighted by Gasteiger charge is 2.57. The average Bonchev–Trinajstić information content (AvgIpc) is 1.43. The van der Waals surface area contributed by atoms with Crippen LogP contribution in [-0.4, -0.2) is 129 Å². The van der Waals surface area contributed by atoms with Gasteiger partial charge in [-0.1, -0.05) is 212 Å². The molecule has 4 aliphatic heterocycles.